The molecule has 0 unspecified atom stereocenters. The lowest BCUT2D eigenvalue weighted by Gasteiger charge is -2.05. The molecule has 1 aromatic carbocycles. The minimum Gasteiger partial charge on any atom is -0.496 e. The first-order valence-electron chi connectivity index (χ1n) is 6.55. The Labute approximate surface area is 127 Å². The summed E-state index contributed by atoms with van der Waals surface area (Å²) in [7, 11) is 1.68. The number of methoxy groups -OCH3 is 1. The predicted molar refractivity (Wildman–Crippen MR) is 86.4 cm³/mol. The van der Waals surface area contributed by atoms with Gasteiger partial charge in [-0.05, 0) is 42.8 Å². The number of anilines is 2. The van der Waals surface area contributed by atoms with Gasteiger partial charge in [0.05, 0.1) is 12.8 Å². The third-order valence-corrected chi connectivity index (χ3v) is 3.85. The highest BCUT2D eigenvalue weighted by atomic mass is 32.1. The van der Waals surface area contributed by atoms with Crippen molar-refractivity contribution in [2.45, 2.75) is 6.92 Å². The van der Waals surface area contributed by atoms with Crippen LogP contribution in [0.3, 0.4) is 0 Å². The number of hydrogen-bond donors (Lipinski definition) is 1. The Morgan fingerprint density at radius 3 is 2.81 bits per heavy atom. The molecule has 0 saturated heterocycles. The largest absolute Gasteiger partial charge is 0.496 e. The summed E-state index contributed by atoms with van der Waals surface area (Å²) in [5.74, 6) is 1.69. The quantitative estimate of drug-likeness (QED) is 0.781. The van der Waals surface area contributed by atoms with Crippen molar-refractivity contribution in [2.75, 3.05) is 12.4 Å². The molecule has 0 fully saturated rings. The maximum Gasteiger partial charge on any atom is 0.188 e. The first-order valence-corrected chi connectivity index (χ1v) is 7.43. The summed E-state index contributed by atoms with van der Waals surface area (Å²) in [6.07, 6.45) is 1.75. The molecule has 2 heterocycles. The standard InChI is InChI=1S/C16H15N3OS/c1-11-9-12(6-7-14(11)20-2)13-10-21-16(18-13)19-15-5-3-4-8-17-15/h3-10H,1-2H3,(H,17,18,19). The molecule has 0 spiro atoms. The number of aryl methyl sites for hydroxylation is 1. The molecule has 21 heavy (non-hydrogen) atoms. The number of benzene rings is 1. The van der Waals surface area contributed by atoms with E-state index < -0.39 is 0 Å². The third kappa shape index (κ3) is 3.03. The Hall–Kier alpha value is -2.40. The van der Waals surface area contributed by atoms with Gasteiger partial charge in [-0.1, -0.05) is 6.07 Å². The molecule has 1 N–H and O–H groups in total. The van der Waals surface area contributed by atoms with Crippen LogP contribution in [0.1, 0.15) is 5.56 Å². The number of thiazole rings is 1. The highest BCUT2D eigenvalue weighted by Crippen LogP contribution is 2.29. The van der Waals surface area contributed by atoms with E-state index in [1.54, 1.807) is 24.6 Å². The monoisotopic (exact) mass is 297 g/mol. The third-order valence-electron chi connectivity index (χ3n) is 3.09. The van der Waals surface area contributed by atoms with Crippen molar-refractivity contribution in [2.24, 2.45) is 0 Å². The molecule has 0 aliphatic rings. The number of nitrogens with one attached hydrogen (secondary N) is 1. The summed E-state index contributed by atoms with van der Waals surface area (Å²) in [6.45, 7) is 2.03. The van der Waals surface area contributed by atoms with Crippen LogP contribution in [-0.2, 0) is 0 Å². The number of aromatic nitrogens is 2. The fourth-order valence-corrected chi connectivity index (χ4v) is 2.77. The normalized spacial score (nSPS) is 10.4. The minimum atomic E-state index is 0.796. The van der Waals surface area contributed by atoms with Crippen LogP contribution in [0.25, 0.3) is 11.3 Å². The number of hydrogen-bond acceptors (Lipinski definition) is 5. The smallest absolute Gasteiger partial charge is 0.188 e. The van der Waals surface area contributed by atoms with Crippen LogP contribution in [0.15, 0.2) is 48.0 Å². The van der Waals surface area contributed by atoms with Crippen LogP contribution in [0.4, 0.5) is 10.9 Å². The van der Waals surface area contributed by atoms with E-state index in [1.165, 1.54) is 0 Å². The molecule has 0 atom stereocenters. The topological polar surface area (TPSA) is 47.0 Å². The summed E-state index contributed by atoms with van der Waals surface area (Å²) in [6, 6.07) is 11.8. The molecule has 4 nitrogen and oxygen atoms in total. The lowest BCUT2D eigenvalue weighted by Crippen LogP contribution is -1.92. The minimum absolute atomic E-state index is 0.796. The fraction of sp³-hybridized carbons (Fsp3) is 0.125. The van der Waals surface area contributed by atoms with Gasteiger partial charge in [0.2, 0.25) is 0 Å². The number of rotatable bonds is 4. The van der Waals surface area contributed by atoms with Gasteiger partial charge in [-0.15, -0.1) is 11.3 Å². The van der Waals surface area contributed by atoms with Gasteiger partial charge in [-0.2, -0.15) is 0 Å². The molecule has 0 aliphatic carbocycles. The molecule has 0 radical (unpaired) electrons. The lowest BCUT2D eigenvalue weighted by molar-refractivity contribution is 0.412. The van der Waals surface area contributed by atoms with Crippen LogP contribution in [0.5, 0.6) is 5.75 Å². The zero-order chi connectivity index (χ0) is 14.7. The molecule has 2 aromatic heterocycles. The molecular weight excluding hydrogens is 282 g/mol. The molecule has 0 bridgehead atoms. The highest BCUT2D eigenvalue weighted by molar-refractivity contribution is 7.14. The van der Waals surface area contributed by atoms with E-state index in [0.29, 0.717) is 0 Å². The Morgan fingerprint density at radius 1 is 1.19 bits per heavy atom. The maximum absolute atomic E-state index is 5.28. The van der Waals surface area contributed by atoms with Crippen molar-refractivity contribution >= 4 is 22.3 Å². The average molecular weight is 297 g/mol. The van der Waals surface area contributed by atoms with Crippen LogP contribution >= 0.6 is 11.3 Å². The second-order valence-electron chi connectivity index (χ2n) is 4.56. The van der Waals surface area contributed by atoms with Gasteiger partial charge in [0.25, 0.3) is 0 Å². The van der Waals surface area contributed by atoms with E-state index in [2.05, 4.69) is 21.4 Å². The van der Waals surface area contributed by atoms with Crippen molar-refractivity contribution in [1.29, 1.82) is 0 Å². The summed E-state index contributed by atoms with van der Waals surface area (Å²) in [5.41, 5.74) is 3.13. The van der Waals surface area contributed by atoms with Gasteiger partial charge in [0.1, 0.15) is 11.6 Å². The van der Waals surface area contributed by atoms with Crippen molar-refractivity contribution in [3.8, 4) is 17.0 Å². The van der Waals surface area contributed by atoms with Gasteiger partial charge < -0.3 is 10.1 Å². The van der Waals surface area contributed by atoms with Crippen molar-refractivity contribution < 1.29 is 4.74 Å². The summed E-state index contributed by atoms with van der Waals surface area (Å²) in [5, 5.41) is 6.07. The molecule has 3 aromatic rings. The van der Waals surface area contributed by atoms with Crippen LogP contribution in [0, 0.1) is 6.92 Å². The number of pyridine rings is 1. The van der Waals surface area contributed by atoms with E-state index in [4.69, 9.17) is 4.74 Å². The van der Waals surface area contributed by atoms with E-state index in [-0.39, 0.29) is 0 Å². The SMILES string of the molecule is COc1ccc(-c2csc(Nc3ccccn3)n2)cc1C. The van der Waals surface area contributed by atoms with E-state index in [9.17, 15) is 0 Å². The van der Waals surface area contributed by atoms with Gasteiger partial charge in [0.15, 0.2) is 5.13 Å². The van der Waals surface area contributed by atoms with Gasteiger partial charge >= 0.3 is 0 Å². The van der Waals surface area contributed by atoms with Crippen molar-refractivity contribution in [1.82, 2.24) is 9.97 Å². The van der Waals surface area contributed by atoms with E-state index in [0.717, 1.165) is 33.5 Å². The Bertz CT molecular complexity index is 740. The van der Waals surface area contributed by atoms with Crippen LogP contribution < -0.4 is 10.1 Å². The second-order valence-corrected chi connectivity index (χ2v) is 5.42. The van der Waals surface area contributed by atoms with E-state index in [1.807, 2.05) is 42.6 Å². The zero-order valence-electron chi connectivity index (χ0n) is 11.8. The molecule has 5 heteroatoms. The average Bonchev–Trinajstić information content (AvgIpc) is 2.97. The molecular formula is C16H15N3OS. The summed E-state index contributed by atoms with van der Waals surface area (Å²) >= 11 is 1.56. The first-order chi connectivity index (χ1) is 10.3. The van der Waals surface area contributed by atoms with Gasteiger partial charge in [-0.3, -0.25) is 0 Å². The Kier molecular flexibility index (Phi) is 3.83. The van der Waals surface area contributed by atoms with E-state index >= 15 is 0 Å². The van der Waals surface area contributed by atoms with Gasteiger partial charge in [0, 0.05) is 17.1 Å². The molecule has 106 valence electrons. The first kappa shape index (κ1) is 13.6. The van der Waals surface area contributed by atoms with Gasteiger partial charge in [-0.25, -0.2) is 9.97 Å². The van der Waals surface area contributed by atoms with Crippen molar-refractivity contribution in [3.63, 3.8) is 0 Å². The number of ether oxygens (including phenoxy) is 1. The molecule has 3 rings (SSSR count). The summed E-state index contributed by atoms with van der Waals surface area (Å²) in [4.78, 5) is 8.83. The maximum atomic E-state index is 5.28. The van der Waals surface area contributed by atoms with Crippen molar-refractivity contribution in [3.05, 3.63) is 53.5 Å². The Morgan fingerprint density at radius 2 is 2.10 bits per heavy atom. The number of nitrogens with zero attached hydrogens (tertiary/aromatic N) is 2. The summed E-state index contributed by atoms with van der Waals surface area (Å²) < 4.78 is 5.28. The highest BCUT2D eigenvalue weighted by Gasteiger charge is 2.07. The van der Waals surface area contributed by atoms with Crippen LogP contribution in [0.2, 0.25) is 0 Å². The fourth-order valence-electron chi connectivity index (χ4n) is 2.05. The van der Waals surface area contributed by atoms with Crippen LogP contribution in [-0.4, -0.2) is 17.1 Å². The second kappa shape index (κ2) is 5.93. The molecule has 0 amide bonds. The molecule has 0 saturated carbocycles. The molecule has 0 aliphatic heterocycles. The zero-order valence-corrected chi connectivity index (χ0v) is 12.6. The predicted octanol–water partition coefficient (Wildman–Crippen LogP) is 4.27. The lowest BCUT2D eigenvalue weighted by atomic mass is 10.1. The Balaban J connectivity index is 1.83.